The average molecular weight is 714 g/mol. The number of aromatic nitrogens is 2. The van der Waals surface area contributed by atoms with E-state index >= 15 is 0 Å². The Kier molecular flexibility index (Phi) is 6.05. The molecule has 0 N–H and O–H groups in total. The Morgan fingerprint density at radius 2 is 1.76 bits per heavy atom. The van der Waals surface area contributed by atoms with Crippen molar-refractivity contribution in [3.05, 3.63) is 116 Å². The first-order valence-electron chi connectivity index (χ1n) is 24.3. The Balaban J connectivity index is 1.77. The normalized spacial score (nSPS) is 24.1. The average Bonchev–Trinajstić information content (AvgIpc) is 3.34. The monoisotopic (exact) mass is 713 g/mol. The molecule has 1 atom stereocenters. The molecule has 1 unspecified atom stereocenters. The number of alkyl halides is 3. The second-order valence-corrected chi connectivity index (χ2v) is 11.5. The van der Waals surface area contributed by atoms with E-state index in [2.05, 4.69) is 4.98 Å². The molecule has 1 aliphatic carbocycles. The SMILES string of the molecule is [2H]c1cc(-c2c([2H])c([2H])c(C(F)(F)F)c(C)c2[2H])c([2H])c([2H])c1CN(C(=O)Cn1c(SCc2c([2H])c([2H])c(F)c([2H])c2[2H])nc(=O)c2c1C([2H])([2H])C([2H])(C)C2([2H])[2H])C([2H])([2H])C([2H])([2H])N(CC)CC. The zero-order valence-corrected chi connectivity index (χ0v) is 27.5. The largest absolute Gasteiger partial charge is 0.416 e. The van der Waals surface area contributed by atoms with E-state index in [4.69, 9.17) is 23.3 Å². The summed E-state index contributed by atoms with van der Waals surface area (Å²) in [7, 11) is 0. The lowest BCUT2D eigenvalue weighted by molar-refractivity contribution is -0.138. The lowest BCUT2D eigenvalue weighted by atomic mass is 9.98. The smallest absolute Gasteiger partial charge is 0.336 e. The third kappa shape index (κ3) is 8.99. The summed E-state index contributed by atoms with van der Waals surface area (Å²) in [5.41, 5.74) is -8.35. The molecule has 49 heavy (non-hydrogen) atoms. The summed E-state index contributed by atoms with van der Waals surface area (Å²) in [5, 5.41) is -0.703. The summed E-state index contributed by atoms with van der Waals surface area (Å²) in [4.78, 5) is 33.6. The van der Waals surface area contributed by atoms with Gasteiger partial charge in [0.25, 0.3) is 5.56 Å². The zero-order valence-electron chi connectivity index (χ0n) is 45.6. The van der Waals surface area contributed by atoms with E-state index in [9.17, 15) is 29.9 Å². The summed E-state index contributed by atoms with van der Waals surface area (Å²) < 4.78 is 221. The highest BCUT2D eigenvalue weighted by Gasteiger charge is 2.32. The van der Waals surface area contributed by atoms with Crippen LogP contribution in [0.4, 0.5) is 17.6 Å². The van der Waals surface area contributed by atoms with Crippen molar-refractivity contribution in [2.75, 3.05) is 26.1 Å². The molecule has 0 spiro atoms. The van der Waals surface area contributed by atoms with Crippen molar-refractivity contribution in [2.24, 2.45) is 5.89 Å². The number of fused-ring (bicyclic) bond motifs is 1. The van der Waals surface area contributed by atoms with Crippen LogP contribution in [-0.4, -0.2) is 51.3 Å². The molecule has 0 bridgehead atoms. The molecule has 0 saturated heterocycles. The van der Waals surface area contributed by atoms with Gasteiger partial charge in [0, 0.05) is 46.1 Å². The van der Waals surface area contributed by atoms with Gasteiger partial charge in [0.1, 0.15) is 12.4 Å². The predicted octanol–water partition coefficient (Wildman–Crippen LogP) is 7.77. The second-order valence-electron chi connectivity index (χ2n) is 10.5. The molecule has 260 valence electrons. The van der Waals surface area contributed by atoms with Crippen molar-refractivity contribution in [3.8, 4) is 11.1 Å². The molecular weight excluding hydrogens is 653 g/mol. The molecule has 4 aromatic rings. The van der Waals surface area contributed by atoms with Gasteiger partial charge in [0.15, 0.2) is 5.16 Å². The molecule has 5 rings (SSSR count). The van der Waals surface area contributed by atoms with Crippen LogP contribution in [0.3, 0.4) is 0 Å². The molecular formula is C38H42F4N4O2S. The van der Waals surface area contributed by atoms with E-state index in [-0.39, 0.29) is 18.0 Å². The number of hydrogen-bond donors (Lipinski definition) is 0. The number of benzene rings is 3. The predicted molar refractivity (Wildman–Crippen MR) is 186 cm³/mol. The standard InChI is InChI=1S/C38H42F4N4O2S/c1-5-44(6-2)17-18-45(22-27-7-11-29(12-8-27)30-13-16-33(26(4)21-30)38(40,41)42)35(47)23-46-34-20-25(3)19-32(34)36(48)43-37(46)49-24-28-9-14-31(39)15-10-28/h7-16,21,25H,5-6,17-20,22-24H2,1-4H3/i7D,8D,9D,10D,11D,13D,14D,15D,16D,17D2,18D2,19D2,20D2,21D,25D. The zero-order chi connectivity index (χ0) is 52.1. The van der Waals surface area contributed by atoms with Gasteiger partial charge in [-0.3, -0.25) is 9.59 Å². The number of hydrogen-bond acceptors (Lipinski definition) is 5. The molecule has 6 nitrogen and oxygen atoms in total. The minimum absolute atomic E-state index is 0.172. The fourth-order valence-electron chi connectivity index (χ4n) is 4.56. The Labute approximate surface area is 315 Å². The highest BCUT2D eigenvalue weighted by atomic mass is 32.2. The molecule has 0 fully saturated rings. The van der Waals surface area contributed by atoms with Crippen LogP contribution in [0.5, 0.6) is 0 Å². The molecule has 1 aromatic heterocycles. The lowest BCUT2D eigenvalue weighted by Crippen LogP contribution is -2.40. The van der Waals surface area contributed by atoms with Gasteiger partial charge in [-0.1, -0.05) is 80.9 Å². The fraction of sp³-hybridized carbons (Fsp3) is 0.395. The third-order valence-electron chi connectivity index (χ3n) is 7.07. The molecule has 3 aromatic carbocycles. The van der Waals surface area contributed by atoms with Crippen LogP contribution in [0.1, 0.15) is 80.3 Å². The van der Waals surface area contributed by atoms with E-state index in [0.717, 1.165) is 24.8 Å². The van der Waals surface area contributed by atoms with Crippen molar-refractivity contribution in [2.45, 2.75) is 70.6 Å². The van der Waals surface area contributed by atoms with Gasteiger partial charge in [-0.25, -0.2) is 4.39 Å². The third-order valence-corrected chi connectivity index (χ3v) is 8.07. The first kappa shape index (κ1) is 18.9. The van der Waals surface area contributed by atoms with Crippen LogP contribution in [0.2, 0.25) is 0 Å². The van der Waals surface area contributed by atoms with E-state index in [1.807, 2.05) is 0 Å². The lowest BCUT2D eigenvalue weighted by Gasteiger charge is -2.28. The van der Waals surface area contributed by atoms with Crippen molar-refractivity contribution >= 4 is 17.7 Å². The first-order chi connectivity index (χ1) is 30.9. The highest BCUT2D eigenvalue weighted by molar-refractivity contribution is 7.98. The highest BCUT2D eigenvalue weighted by Crippen LogP contribution is 2.34. The van der Waals surface area contributed by atoms with Gasteiger partial charge in [-0.2, -0.15) is 18.2 Å². The summed E-state index contributed by atoms with van der Waals surface area (Å²) in [5.74, 6) is -6.58. The Bertz CT molecular complexity index is 2750. The Hall–Kier alpha value is -3.96. The molecule has 1 amide bonds. The topological polar surface area (TPSA) is 58.4 Å². The van der Waals surface area contributed by atoms with Gasteiger partial charge in [0.2, 0.25) is 5.91 Å². The summed E-state index contributed by atoms with van der Waals surface area (Å²) in [6.07, 6.45) is -11.5. The molecule has 0 aliphatic heterocycles. The Morgan fingerprint density at radius 1 is 1.06 bits per heavy atom. The van der Waals surface area contributed by atoms with Crippen molar-refractivity contribution in [1.82, 2.24) is 19.4 Å². The van der Waals surface area contributed by atoms with Gasteiger partial charge < -0.3 is 14.4 Å². The first-order valence-corrected chi connectivity index (χ1v) is 15.8. The minimum Gasteiger partial charge on any atom is -0.336 e. The Morgan fingerprint density at radius 3 is 2.45 bits per heavy atom. The van der Waals surface area contributed by atoms with Gasteiger partial charge in [-0.15, -0.1) is 0 Å². The number of nitrogens with zero attached hydrogens (tertiary/aromatic N) is 4. The molecule has 11 heteroatoms. The van der Waals surface area contributed by atoms with Crippen LogP contribution in [0, 0.1) is 18.6 Å². The number of thioether (sulfide) groups is 1. The van der Waals surface area contributed by atoms with E-state index in [0.29, 0.717) is 16.3 Å². The summed E-state index contributed by atoms with van der Waals surface area (Å²) in [6.45, 7) is -5.14. The van der Waals surface area contributed by atoms with Gasteiger partial charge in [-0.05, 0) is 84.6 Å². The van der Waals surface area contributed by atoms with Crippen LogP contribution < -0.4 is 5.56 Å². The van der Waals surface area contributed by atoms with Crippen LogP contribution in [-0.2, 0) is 42.6 Å². The molecule has 0 radical (unpaired) electrons. The maximum Gasteiger partial charge on any atom is 0.416 e. The molecule has 0 saturated carbocycles. The maximum absolute atomic E-state index is 15.0. The van der Waals surface area contributed by atoms with Crippen LogP contribution in [0.15, 0.2) is 76.4 Å². The maximum atomic E-state index is 15.0. The fourth-order valence-corrected chi connectivity index (χ4v) is 5.43. The van der Waals surface area contributed by atoms with Crippen LogP contribution >= 0.6 is 11.8 Å². The summed E-state index contributed by atoms with van der Waals surface area (Å²) >= 11 is 0.363. The number of carbonyl (C=O) groups excluding carboxylic acids is 1. The minimum atomic E-state index is -5.16. The number of carbonyl (C=O) groups is 1. The summed E-state index contributed by atoms with van der Waals surface area (Å²) in [6, 6.07) is -9.45. The molecule has 1 heterocycles. The number of amides is 1. The van der Waals surface area contributed by atoms with E-state index in [1.54, 1.807) is 0 Å². The van der Waals surface area contributed by atoms with Crippen molar-refractivity contribution in [1.29, 1.82) is 0 Å². The van der Waals surface area contributed by atoms with Gasteiger partial charge in [0.05, 0.1) is 22.0 Å². The van der Waals surface area contributed by atoms with Crippen molar-refractivity contribution in [3.63, 3.8) is 0 Å². The van der Waals surface area contributed by atoms with E-state index in [1.165, 1.54) is 13.8 Å². The van der Waals surface area contributed by atoms with Crippen molar-refractivity contribution < 1.29 is 48.4 Å². The van der Waals surface area contributed by atoms with Crippen LogP contribution in [0.25, 0.3) is 11.1 Å². The van der Waals surface area contributed by atoms with E-state index < -0.39 is 184 Å². The quantitative estimate of drug-likeness (QED) is 0.0806. The number of halogens is 4. The molecule has 1 aliphatic rings. The number of rotatable bonds is 13. The second kappa shape index (κ2) is 15.7. The number of likely N-dealkylation sites (N-methyl/N-ethyl adjacent to an activating group) is 1. The van der Waals surface area contributed by atoms with Gasteiger partial charge >= 0.3 is 6.18 Å².